The molecule has 2 aromatic carbocycles. The number of phenols is 3. The smallest absolute Gasteiger partial charge is 0.123 e. The predicted octanol–water partition coefficient (Wildman–Crippen LogP) is 5.99. The highest BCUT2D eigenvalue weighted by Crippen LogP contribution is 2.45. The molecule has 0 amide bonds. The van der Waals surface area contributed by atoms with Gasteiger partial charge in [-0.25, -0.2) is 0 Å². The Labute approximate surface area is 160 Å². The van der Waals surface area contributed by atoms with Gasteiger partial charge in [-0.3, -0.25) is 0 Å². The molecule has 3 heteroatoms. The van der Waals surface area contributed by atoms with E-state index >= 15 is 0 Å². The van der Waals surface area contributed by atoms with Crippen LogP contribution < -0.4 is 0 Å². The Morgan fingerprint density at radius 1 is 1.04 bits per heavy atom. The number of aromatic hydroxyl groups is 3. The topological polar surface area (TPSA) is 60.7 Å². The molecule has 0 bridgehead atoms. The highest BCUT2D eigenvalue weighted by Gasteiger charge is 2.29. The fraction of sp³-hybridized carbons (Fsp3) is 0.250. The van der Waals surface area contributed by atoms with E-state index in [1.165, 1.54) is 11.6 Å². The van der Waals surface area contributed by atoms with Gasteiger partial charge < -0.3 is 15.3 Å². The molecule has 3 nitrogen and oxygen atoms in total. The van der Waals surface area contributed by atoms with Crippen LogP contribution in [0.3, 0.4) is 0 Å². The van der Waals surface area contributed by atoms with Crippen LogP contribution in [-0.4, -0.2) is 15.3 Å². The van der Waals surface area contributed by atoms with Crippen molar-refractivity contribution in [3.05, 3.63) is 76.9 Å². The van der Waals surface area contributed by atoms with Gasteiger partial charge in [-0.15, -0.1) is 0 Å². The summed E-state index contributed by atoms with van der Waals surface area (Å²) in [5, 5.41) is 30.1. The van der Waals surface area contributed by atoms with Crippen LogP contribution >= 0.6 is 0 Å². The van der Waals surface area contributed by atoms with Crippen molar-refractivity contribution in [2.75, 3.05) is 0 Å². The van der Waals surface area contributed by atoms with E-state index in [1.807, 2.05) is 31.2 Å². The lowest BCUT2D eigenvalue weighted by atomic mass is 9.73. The van der Waals surface area contributed by atoms with E-state index in [9.17, 15) is 15.3 Å². The maximum atomic E-state index is 10.7. The van der Waals surface area contributed by atoms with Crippen LogP contribution in [0.25, 0.3) is 12.2 Å². The van der Waals surface area contributed by atoms with Crippen molar-refractivity contribution in [1.29, 1.82) is 0 Å². The monoisotopic (exact) mass is 362 g/mol. The Morgan fingerprint density at radius 3 is 2.41 bits per heavy atom. The molecule has 0 aliphatic heterocycles. The van der Waals surface area contributed by atoms with Crippen molar-refractivity contribution in [3.8, 4) is 17.2 Å². The number of hydrogen-bond acceptors (Lipinski definition) is 3. The molecule has 0 fully saturated rings. The molecule has 2 aromatic rings. The normalized spacial score (nSPS) is 19.9. The van der Waals surface area contributed by atoms with Crippen LogP contribution in [-0.2, 0) is 0 Å². The molecule has 1 aliphatic carbocycles. The van der Waals surface area contributed by atoms with Gasteiger partial charge in [0.25, 0.3) is 0 Å². The zero-order chi connectivity index (χ0) is 19.6. The summed E-state index contributed by atoms with van der Waals surface area (Å²) in [6.45, 7) is 8.31. The molecule has 3 N–H and O–H groups in total. The van der Waals surface area contributed by atoms with E-state index in [2.05, 4.69) is 19.6 Å². The van der Waals surface area contributed by atoms with Gasteiger partial charge in [0.2, 0.25) is 0 Å². The first-order chi connectivity index (χ1) is 12.8. The van der Waals surface area contributed by atoms with Gasteiger partial charge in [-0.1, -0.05) is 48.1 Å². The molecule has 0 unspecified atom stereocenters. The van der Waals surface area contributed by atoms with Gasteiger partial charge >= 0.3 is 0 Å². The van der Waals surface area contributed by atoms with Crippen LogP contribution in [0.4, 0.5) is 0 Å². The predicted molar refractivity (Wildman–Crippen MR) is 111 cm³/mol. The highest BCUT2D eigenvalue weighted by molar-refractivity contribution is 5.74. The number of benzene rings is 2. The van der Waals surface area contributed by atoms with Crippen LogP contribution in [0.15, 0.2) is 60.2 Å². The van der Waals surface area contributed by atoms with E-state index in [-0.39, 0.29) is 29.1 Å². The quantitative estimate of drug-likeness (QED) is 0.462. The summed E-state index contributed by atoms with van der Waals surface area (Å²) in [6.07, 6.45) is 8.06. The van der Waals surface area contributed by atoms with Gasteiger partial charge in [-0.05, 0) is 61.9 Å². The maximum absolute atomic E-state index is 10.7. The van der Waals surface area contributed by atoms with Crippen molar-refractivity contribution in [2.45, 2.75) is 32.6 Å². The summed E-state index contributed by atoms with van der Waals surface area (Å²) in [7, 11) is 0. The Balaban J connectivity index is 2.08. The Bertz CT molecular complexity index is 904. The molecular formula is C24H26O3. The molecule has 3 rings (SSSR count). The van der Waals surface area contributed by atoms with Crippen molar-refractivity contribution < 1.29 is 15.3 Å². The minimum Gasteiger partial charge on any atom is -0.508 e. The summed E-state index contributed by atoms with van der Waals surface area (Å²) < 4.78 is 0. The van der Waals surface area contributed by atoms with Crippen LogP contribution in [0.5, 0.6) is 17.2 Å². The molecule has 0 spiro atoms. The zero-order valence-corrected chi connectivity index (χ0v) is 15.8. The lowest BCUT2D eigenvalue weighted by Gasteiger charge is -2.32. The van der Waals surface area contributed by atoms with Crippen molar-refractivity contribution in [2.24, 2.45) is 5.92 Å². The van der Waals surface area contributed by atoms with Crippen LogP contribution in [0, 0.1) is 5.92 Å². The van der Waals surface area contributed by atoms with Gasteiger partial charge in [0.05, 0.1) is 0 Å². The molecule has 0 saturated heterocycles. The molecule has 1 aliphatic rings. The second kappa shape index (κ2) is 7.75. The average molecular weight is 362 g/mol. The fourth-order valence-corrected chi connectivity index (χ4v) is 3.82. The fourth-order valence-electron chi connectivity index (χ4n) is 3.82. The molecule has 27 heavy (non-hydrogen) atoms. The average Bonchev–Trinajstić information content (AvgIpc) is 2.60. The van der Waals surface area contributed by atoms with Gasteiger partial charge in [0, 0.05) is 17.5 Å². The Hall–Kier alpha value is -2.94. The third-order valence-electron chi connectivity index (χ3n) is 5.24. The lowest BCUT2D eigenvalue weighted by Crippen LogP contribution is -2.17. The maximum Gasteiger partial charge on any atom is 0.123 e. The third kappa shape index (κ3) is 4.25. The second-order valence-electron chi connectivity index (χ2n) is 7.42. The van der Waals surface area contributed by atoms with E-state index in [0.29, 0.717) is 0 Å². The summed E-state index contributed by atoms with van der Waals surface area (Å²) in [4.78, 5) is 0. The molecule has 0 heterocycles. The Morgan fingerprint density at radius 2 is 1.74 bits per heavy atom. The van der Waals surface area contributed by atoms with Gasteiger partial charge in [0.1, 0.15) is 17.2 Å². The first-order valence-corrected chi connectivity index (χ1v) is 9.21. The number of hydrogen-bond donors (Lipinski definition) is 3. The van der Waals surface area contributed by atoms with E-state index in [0.717, 1.165) is 35.1 Å². The lowest BCUT2D eigenvalue weighted by molar-refractivity contribution is 0.426. The number of phenolic OH excluding ortho intramolecular Hbond substituents is 3. The number of allylic oxidation sites excluding steroid dienone is 3. The van der Waals surface area contributed by atoms with Gasteiger partial charge in [-0.2, -0.15) is 0 Å². The van der Waals surface area contributed by atoms with Gasteiger partial charge in [0.15, 0.2) is 0 Å². The van der Waals surface area contributed by atoms with Crippen molar-refractivity contribution in [1.82, 2.24) is 0 Å². The van der Waals surface area contributed by atoms with E-state index in [4.69, 9.17) is 0 Å². The highest BCUT2D eigenvalue weighted by atomic mass is 16.3. The summed E-state index contributed by atoms with van der Waals surface area (Å²) in [5.74, 6) is 0.629. The molecule has 0 aromatic heterocycles. The third-order valence-corrected chi connectivity index (χ3v) is 5.24. The second-order valence-corrected chi connectivity index (χ2v) is 7.42. The first kappa shape index (κ1) is 18.8. The Kier molecular flexibility index (Phi) is 5.41. The summed E-state index contributed by atoms with van der Waals surface area (Å²) >= 11 is 0. The van der Waals surface area contributed by atoms with Crippen molar-refractivity contribution >= 4 is 12.2 Å². The summed E-state index contributed by atoms with van der Waals surface area (Å²) in [6, 6.07) is 9.97. The minimum atomic E-state index is 0.0244. The number of rotatable bonds is 4. The van der Waals surface area contributed by atoms with E-state index in [1.54, 1.807) is 18.2 Å². The van der Waals surface area contributed by atoms with Crippen molar-refractivity contribution in [3.63, 3.8) is 0 Å². The summed E-state index contributed by atoms with van der Waals surface area (Å²) in [5.41, 5.74) is 4.93. The van der Waals surface area contributed by atoms with E-state index < -0.39 is 0 Å². The largest absolute Gasteiger partial charge is 0.508 e. The standard InChI is InChI=1S/C24H26O3/c1-15(2)21-11-4-16(3)12-22(21)24-18(13-20(26)14-23(24)27)8-5-17-6-9-19(25)10-7-17/h5-10,12-14,21-22,25-27H,1,4,11H2,2-3H3/b8-5+/t21-,22-/m1/s1. The molecule has 140 valence electrons. The van der Waals surface area contributed by atoms with Crippen LogP contribution in [0.2, 0.25) is 0 Å². The molecule has 2 atom stereocenters. The zero-order valence-electron chi connectivity index (χ0n) is 15.8. The molecule has 0 saturated carbocycles. The minimum absolute atomic E-state index is 0.0244. The first-order valence-electron chi connectivity index (χ1n) is 9.21. The molecule has 0 radical (unpaired) electrons. The SMILES string of the molecule is C=C(C)[C@H]1CCC(C)=C[C@H]1c1c(O)cc(O)cc1/C=C/c1ccc(O)cc1. The van der Waals surface area contributed by atoms with Crippen LogP contribution in [0.1, 0.15) is 49.3 Å². The molecular weight excluding hydrogens is 336 g/mol.